The molecule has 1 aromatic carbocycles. The first-order chi connectivity index (χ1) is 9.22. The number of halogens is 1. The van der Waals surface area contributed by atoms with Gasteiger partial charge in [0.2, 0.25) is 0 Å². The van der Waals surface area contributed by atoms with Gasteiger partial charge in [-0.1, -0.05) is 31.2 Å². The van der Waals surface area contributed by atoms with Crippen LogP contribution in [0.3, 0.4) is 0 Å². The van der Waals surface area contributed by atoms with E-state index in [4.69, 9.17) is 21.1 Å². The zero-order chi connectivity index (χ0) is 13.7. The highest BCUT2D eigenvalue weighted by Crippen LogP contribution is 2.28. The van der Waals surface area contributed by atoms with E-state index >= 15 is 0 Å². The van der Waals surface area contributed by atoms with Gasteiger partial charge in [-0.25, -0.2) is 0 Å². The number of benzene rings is 1. The molecule has 0 bridgehead atoms. The molecule has 3 unspecified atom stereocenters. The van der Waals surface area contributed by atoms with E-state index < -0.39 is 0 Å². The van der Waals surface area contributed by atoms with Gasteiger partial charge < -0.3 is 9.47 Å². The van der Waals surface area contributed by atoms with Crippen molar-refractivity contribution in [3.63, 3.8) is 0 Å². The summed E-state index contributed by atoms with van der Waals surface area (Å²) < 4.78 is 11.7. The van der Waals surface area contributed by atoms with E-state index in [0.29, 0.717) is 11.8 Å². The smallest absolute Gasteiger partial charge is 0.157 e. The summed E-state index contributed by atoms with van der Waals surface area (Å²) in [6.45, 7) is 5.14. The summed E-state index contributed by atoms with van der Waals surface area (Å²) in [4.78, 5) is 0. The number of rotatable bonds is 5. The van der Waals surface area contributed by atoms with Crippen molar-refractivity contribution in [2.45, 2.75) is 57.3 Å². The highest BCUT2D eigenvalue weighted by molar-refractivity contribution is 6.17. The molecule has 19 heavy (non-hydrogen) atoms. The molecule has 0 saturated carbocycles. The molecule has 1 heterocycles. The van der Waals surface area contributed by atoms with Crippen molar-refractivity contribution in [3.05, 3.63) is 35.4 Å². The van der Waals surface area contributed by atoms with Gasteiger partial charge in [-0.05, 0) is 37.3 Å². The molecule has 3 atom stereocenters. The molecule has 1 aliphatic rings. The summed E-state index contributed by atoms with van der Waals surface area (Å²) in [6.07, 6.45) is 3.46. The van der Waals surface area contributed by atoms with Gasteiger partial charge in [-0.2, -0.15) is 0 Å². The van der Waals surface area contributed by atoms with Crippen molar-refractivity contribution in [2.75, 3.05) is 6.61 Å². The molecule has 1 aliphatic heterocycles. The third kappa shape index (κ3) is 3.95. The fourth-order valence-electron chi connectivity index (χ4n) is 2.53. The fourth-order valence-corrected chi connectivity index (χ4v) is 2.77. The largest absolute Gasteiger partial charge is 0.353 e. The van der Waals surface area contributed by atoms with Gasteiger partial charge in [-0.3, -0.25) is 0 Å². The Bertz CT molecular complexity index is 388. The molecular formula is C16H23ClO2. The molecule has 1 fully saturated rings. The van der Waals surface area contributed by atoms with Crippen LogP contribution in [0.15, 0.2) is 24.3 Å². The van der Waals surface area contributed by atoms with E-state index in [-0.39, 0.29) is 12.4 Å². The van der Waals surface area contributed by atoms with Gasteiger partial charge >= 0.3 is 0 Å². The molecule has 0 radical (unpaired) electrons. The second kappa shape index (κ2) is 7.28. The lowest BCUT2D eigenvalue weighted by atomic mass is 9.92. The summed E-state index contributed by atoms with van der Waals surface area (Å²) in [7, 11) is 0. The van der Waals surface area contributed by atoms with Gasteiger partial charge in [0.1, 0.15) is 0 Å². The van der Waals surface area contributed by atoms with E-state index in [1.807, 2.05) is 6.07 Å². The Hall–Kier alpha value is -0.570. The van der Waals surface area contributed by atoms with Crippen molar-refractivity contribution < 1.29 is 9.47 Å². The first-order valence-electron chi connectivity index (χ1n) is 7.13. The van der Waals surface area contributed by atoms with Crippen molar-refractivity contribution in [1.82, 2.24) is 0 Å². The number of alkyl halides is 1. The molecule has 1 aromatic rings. The van der Waals surface area contributed by atoms with E-state index in [1.54, 1.807) is 0 Å². The number of hydrogen-bond acceptors (Lipinski definition) is 2. The first-order valence-corrected chi connectivity index (χ1v) is 7.66. The summed E-state index contributed by atoms with van der Waals surface area (Å²) in [5, 5.41) is 0. The van der Waals surface area contributed by atoms with Gasteiger partial charge in [0, 0.05) is 18.4 Å². The molecule has 0 N–H and O–H groups in total. The highest BCUT2D eigenvalue weighted by Gasteiger charge is 2.23. The van der Waals surface area contributed by atoms with E-state index in [2.05, 4.69) is 32.0 Å². The quantitative estimate of drug-likeness (QED) is 0.742. The van der Waals surface area contributed by atoms with Crippen LogP contribution in [-0.2, 0) is 15.4 Å². The maximum Gasteiger partial charge on any atom is 0.157 e. The van der Waals surface area contributed by atoms with Crippen molar-refractivity contribution >= 4 is 11.6 Å². The Morgan fingerprint density at radius 3 is 2.79 bits per heavy atom. The molecule has 0 spiro atoms. The van der Waals surface area contributed by atoms with Crippen LogP contribution in [0.4, 0.5) is 0 Å². The predicted octanol–water partition coefficient (Wildman–Crippen LogP) is 4.46. The Labute approximate surface area is 121 Å². The van der Waals surface area contributed by atoms with Crippen molar-refractivity contribution in [2.24, 2.45) is 0 Å². The molecule has 2 nitrogen and oxygen atoms in total. The Kier molecular flexibility index (Phi) is 5.68. The Morgan fingerprint density at radius 1 is 1.32 bits per heavy atom. The molecule has 2 rings (SSSR count). The minimum atomic E-state index is -0.0330. The first kappa shape index (κ1) is 14.8. The van der Waals surface area contributed by atoms with Crippen LogP contribution in [0.25, 0.3) is 0 Å². The minimum Gasteiger partial charge on any atom is -0.353 e. The maximum absolute atomic E-state index is 6.04. The molecule has 0 aromatic heterocycles. The average molecular weight is 283 g/mol. The summed E-state index contributed by atoms with van der Waals surface area (Å²) >= 11 is 6.01. The lowest BCUT2D eigenvalue weighted by molar-refractivity contribution is -0.187. The SMILES string of the molecule is CC(OC1CCCCO1)C(C)c1ccccc1CCl. The zero-order valence-electron chi connectivity index (χ0n) is 11.8. The lowest BCUT2D eigenvalue weighted by Gasteiger charge is -2.29. The highest BCUT2D eigenvalue weighted by atomic mass is 35.5. The van der Waals surface area contributed by atoms with Crippen LogP contribution in [0.5, 0.6) is 0 Å². The van der Waals surface area contributed by atoms with Crippen LogP contribution in [0.1, 0.15) is 50.2 Å². The van der Waals surface area contributed by atoms with Gasteiger partial charge in [-0.15, -0.1) is 11.6 Å². The third-order valence-corrected chi connectivity index (χ3v) is 4.19. The van der Waals surface area contributed by atoms with Crippen LogP contribution in [-0.4, -0.2) is 19.0 Å². The second-order valence-corrected chi connectivity index (χ2v) is 5.53. The molecule has 3 heteroatoms. The molecule has 0 aliphatic carbocycles. The number of hydrogen-bond donors (Lipinski definition) is 0. The second-order valence-electron chi connectivity index (χ2n) is 5.26. The standard InChI is InChI=1S/C16H23ClO2/c1-12(15-8-4-3-7-14(15)11-17)13(2)19-16-9-5-6-10-18-16/h3-4,7-8,12-13,16H,5-6,9-11H2,1-2H3. The average Bonchev–Trinajstić information content (AvgIpc) is 2.47. The van der Waals surface area contributed by atoms with Crippen molar-refractivity contribution in [1.29, 1.82) is 0 Å². The zero-order valence-corrected chi connectivity index (χ0v) is 12.5. The molecular weight excluding hydrogens is 260 g/mol. The maximum atomic E-state index is 6.04. The van der Waals surface area contributed by atoms with E-state index in [9.17, 15) is 0 Å². The topological polar surface area (TPSA) is 18.5 Å². The third-order valence-electron chi connectivity index (χ3n) is 3.90. The van der Waals surface area contributed by atoms with E-state index in [0.717, 1.165) is 19.4 Å². The lowest BCUT2D eigenvalue weighted by Crippen LogP contribution is -2.29. The molecule has 106 valence electrons. The van der Waals surface area contributed by atoms with Crippen LogP contribution >= 0.6 is 11.6 Å². The van der Waals surface area contributed by atoms with Gasteiger partial charge in [0.05, 0.1) is 6.10 Å². The minimum absolute atomic E-state index is 0.0330. The van der Waals surface area contributed by atoms with Gasteiger partial charge in [0.25, 0.3) is 0 Å². The normalized spacial score (nSPS) is 23.0. The van der Waals surface area contributed by atoms with Crippen LogP contribution in [0.2, 0.25) is 0 Å². The van der Waals surface area contributed by atoms with Crippen LogP contribution in [0, 0.1) is 0 Å². The fraction of sp³-hybridized carbons (Fsp3) is 0.625. The van der Waals surface area contributed by atoms with E-state index in [1.165, 1.54) is 17.5 Å². The molecule has 1 saturated heterocycles. The summed E-state index contributed by atoms with van der Waals surface area (Å²) in [5.74, 6) is 0.869. The van der Waals surface area contributed by atoms with Gasteiger partial charge in [0.15, 0.2) is 6.29 Å². The Balaban J connectivity index is 1.99. The summed E-state index contributed by atoms with van der Waals surface area (Å²) in [6, 6.07) is 8.32. The number of ether oxygens (including phenoxy) is 2. The summed E-state index contributed by atoms with van der Waals surface area (Å²) in [5.41, 5.74) is 2.47. The molecule has 0 amide bonds. The Morgan fingerprint density at radius 2 is 2.11 bits per heavy atom. The van der Waals surface area contributed by atoms with Crippen molar-refractivity contribution in [3.8, 4) is 0 Å². The monoisotopic (exact) mass is 282 g/mol. The van der Waals surface area contributed by atoms with Crippen LogP contribution < -0.4 is 0 Å². The predicted molar refractivity (Wildman–Crippen MR) is 78.6 cm³/mol.